The number of hydrogen-bond acceptors (Lipinski definition) is 5. The molecule has 1 N–H and O–H groups in total. The van der Waals surface area contributed by atoms with Crippen LogP contribution >= 0.6 is 0 Å². The molecule has 1 aliphatic heterocycles. The number of carbonyl (C=O) groups excluding carboxylic acids is 2. The Morgan fingerprint density at radius 3 is 2.48 bits per heavy atom. The smallest absolute Gasteiger partial charge is 0.331 e. The average Bonchev–Trinajstić information content (AvgIpc) is 2.54. The van der Waals surface area contributed by atoms with E-state index in [2.05, 4.69) is 10.2 Å². The van der Waals surface area contributed by atoms with Crippen LogP contribution in [0.4, 0.5) is 11.4 Å². The van der Waals surface area contributed by atoms with Crippen LogP contribution in [0.3, 0.4) is 0 Å². The zero-order valence-electron chi connectivity index (χ0n) is 13.5. The van der Waals surface area contributed by atoms with E-state index in [-0.39, 0.29) is 12.5 Å². The van der Waals surface area contributed by atoms with Crippen molar-refractivity contribution in [3.8, 4) is 0 Å². The van der Waals surface area contributed by atoms with Crippen LogP contribution in [0, 0.1) is 0 Å². The number of allylic oxidation sites excluding steroid dienone is 1. The van der Waals surface area contributed by atoms with E-state index >= 15 is 0 Å². The second-order valence-electron chi connectivity index (χ2n) is 5.52. The summed E-state index contributed by atoms with van der Waals surface area (Å²) in [7, 11) is 0. The first-order valence-corrected chi connectivity index (χ1v) is 7.59. The Hall–Kier alpha value is -2.34. The van der Waals surface area contributed by atoms with Crippen molar-refractivity contribution in [3.05, 3.63) is 35.9 Å². The first-order valence-electron chi connectivity index (χ1n) is 7.59. The molecule has 0 aromatic heterocycles. The van der Waals surface area contributed by atoms with E-state index in [0.29, 0.717) is 5.69 Å². The lowest BCUT2D eigenvalue weighted by Crippen LogP contribution is -2.36. The van der Waals surface area contributed by atoms with Gasteiger partial charge in [-0.2, -0.15) is 0 Å². The Balaban J connectivity index is 1.82. The largest absolute Gasteiger partial charge is 0.452 e. The van der Waals surface area contributed by atoms with Crippen LogP contribution in [-0.4, -0.2) is 44.8 Å². The molecule has 2 rings (SSSR count). The number of hydrogen-bond donors (Lipinski definition) is 1. The number of anilines is 2. The summed E-state index contributed by atoms with van der Waals surface area (Å²) in [5, 5.41) is 2.70. The number of amides is 1. The van der Waals surface area contributed by atoms with Crippen molar-refractivity contribution in [1.82, 2.24) is 0 Å². The molecule has 0 aliphatic carbocycles. The van der Waals surface area contributed by atoms with Gasteiger partial charge in [0.25, 0.3) is 5.91 Å². The van der Waals surface area contributed by atoms with Gasteiger partial charge in [0.2, 0.25) is 0 Å². The van der Waals surface area contributed by atoms with Gasteiger partial charge >= 0.3 is 5.97 Å². The highest BCUT2D eigenvalue weighted by Crippen LogP contribution is 2.18. The second kappa shape index (κ2) is 8.33. The molecule has 0 atom stereocenters. The monoisotopic (exact) mass is 318 g/mol. The number of benzene rings is 1. The van der Waals surface area contributed by atoms with Crippen LogP contribution in [0.5, 0.6) is 0 Å². The van der Waals surface area contributed by atoms with Crippen molar-refractivity contribution < 1.29 is 19.1 Å². The van der Waals surface area contributed by atoms with Crippen molar-refractivity contribution in [2.75, 3.05) is 43.1 Å². The summed E-state index contributed by atoms with van der Waals surface area (Å²) in [4.78, 5) is 25.3. The van der Waals surface area contributed by atoms with Crippen LogP contribution in [0.15, 0.2) is 35.9 Å². The summed E-state index contributed by atoms with van der Waals surface area (Å²) in [6.07, 6.45) is 1.35. The lowest BCUT2D eigenvalue weighted by Gasteiger charge is -2.28. The highest BCUT2D eigenvalue weighted by molar-refractivity contribution is 5.94. The van der Waals surface area contributed by atoms with Crippen molar-refractivity contribution in [2.24, 2.45) is 0 Å². The lowest BCUT2D eigenvalue weighted by atomic mass is 10.2. The van der Waals surface area contributed by atoms with Crippen LogP contribution < -0.4 is 10.2 Å². The van der Waals surface area contributed by atoms with E-state index in [9.17, 15) is 9.59 Å². The number of ether oxygens (including phenoxy) is 2. The molecule has 124 valence electrons. The minimum absolute atomic E-state index is 0.298. The molecule has 0 bridgehead atoms. The van der Waals surface area contributed by atoms with Crippen LogP contribution in [-0.2, 0) is 19.1 Å². The first-order chi connectivity index (χ1) is 11.0. The molecule has 23 heavy (non-hydrogen) atoms. The SMILES string of the molecule is CC(C)=CC(=O)OCC(=O)Nc1ccc(N2CCOCC2)cc1. The Bertz CT molecular complexity index is 571. The Labute approximate surface area is 136 Å². The Kier molecular flexibility index (Phi) is 6.17. The molecule has 0 radical (unpaired) electrons. The maximum absolute atomic E-state index is 11.8. The highest BCUT2D eigenvalue weighted by Gasteiger charge is 2.11. The van der Waals surface area contributed by atoms with Gasteiger partial charge in [-0.05, 0) is 38.1 Å². The maximum Gasteiger partial charge on any atom is 0.331 e. The topological polar surface area (TPSA) is 67.9 Å². The third kappa shape index (κ3) is 5.75. The lowest BCUT2D eigenvalue weighted by molar-refractivity contribution is -0.142. The molecule has 0 unspecified atom stereocenters. The molecule has 1 heterocycles. The zero-order valence-corrected chi connectivity index (χ0v) is 13.5. The summed E-state index contributed by atoms with van der Waals surface area (Å²) in [6.45, 7) is 6.48. The first kappa shape index (κ1) is 17.0. The second-order valence-corrected chi connectivity index (χ2v) is 5.52. The highest BCUT2D eigenvalue weighted by atomic mass is 16.5. The van der Waals surface area contributed by atoms with E-state index < -0.39 is 5.97 Å². The summed E-state index contributed by atoms with van der Waals surface area (Å²) in [5.74, 6) is -0.873. The molecule has 1 fully saturated rings. The molecular weight excluding hydrogens is 296 g/mol. The summed E-state index contributed by atoms with van der Waals surface area (Å²) in [6, 6.07) is 7.58. The Morgan fingerprint density at radius 1 is 1.22 bits per heavy atom. The molecule has 1 saturated heterocycles. The fourth-order valence-corrected chi connectivity index (χ4v) is 2.19. The van der Waals surface area contributed by atoms with Gasteiger partial charge in [-0.25, -0.2) is 4.79 Å². The van der Waals surface area contributed by atoms with Crippen molar-refractivity contribution in [2.45, 2.75) is 13.8 Å². The van der Waals surface area contributed by atoms with Gasteiger partial charge in [-0.1, -0.05) is 5.57 Å². The molecule has 1 aromatic rings. The predicted octanol–water partition coefficient (Wildman–Crippen LogP) is 1.97. The number of nitrogens with one attached hydrogen (secondary N) is 1. The summed E-state index contributed by atoms with van der Waals surface area (Å²) < 4.78 is 10.2. The normalized spacial score (nSPS) is 14.1. The number of carbonyl (C=O) groups is 2. The fourth-order valence-electron chi connectivity index (χ4n) is 2.19. The minimum atomic E-state index is -0.511. The molecule has 0 saturated carbocycles. The third-order valence-electron chi connectivity index (χ3n) is 3.28. The van der Waals surface area contributed by atoms with Gasteiger partial charge in [-0.15, -0.1) is 0 Å². The fraction of sp³-hybridized carbons (Fsp3) is 0.412. The van der Waals surface area contributed by atoms with E-state index in [1.54, 1.807) is 13.8 Å². The van der Waals surface area contributed by atoms with Crippen molar-refractivity contribution >= 4 is 23.3 Å². The standard InChI is InChI=1S/C17H22N2O4/c1-13(2)11-17(21)23-12-16(20)18-14-3-5-15(6-4-14)19-7-9-22-10-8-19/h3-6,11H,7-10,12H2,1-2H3,(H,18,20). The molecule has 0 spiro atoms. The van der Waals surface area contributed by atoms with Crippen molar-refractivity contribution in [1.29, 1.82) is 0 Å². The number of esters is 1. The summed E-state index contributed by atoms with van der Waals surface area (Å²) >= 11 is 0. The van der Waals surface area contributed by atoms with Gasteiger partial charge in [0.1, 0.15) is 0 Å². The van der Waals surface area contributed by atoms with E-state index in [0.717, 1.165) is 37.6 Å². The molecule has 6 nitrogen and oxygen atoms in total. The van der Waals surface area contributed by atoms with Crippen LogP contribution in [0.2, 0.25) is 0 Å². The Morgan fingerprint density at radius 2 is 1.87 bits per heavy atom. The van der Waals surface area contributed by atoms with Gasteiger partial charge in [0, 0.05) is 30.5 Å². The van der Waals surface area contributed by atoms with Gasteiger partial charge in [0.05, 0.1) is 13.2 Å². The van der Waals surface area contributed by atoms with Crippen molar-refractivity contribution in [3.63, 3.8) is 0 Å². The third-order valence-corrected chi connectivity index (χ3v) is 3.28. The van der Waals surface area contributed by atoms with Crippen LogP contribution in [0.1, 0.15) is 13.8 Å². The summed E-state index contributed by atoms with van der Waals surface area (Å²) in [5.41, 5.74) is 2.60. The van der Waals surface area contributed by atoms with Gasteiger partial charge in [-0.3, -0.25) is 4.79 Å². The quantitative estimate of drug-likeness (QED) is 0.664. The van der Waals surface area contributed by atoms with Gasteiger partial charge in [0.15, 0.2) is 6.61 Å². The maximum atomic E-state index is 11.8. The minimum Gasteiger partial charge on any atom is -0.452 e. The van der Waals surface area contributed by atoms with E-state index in [4.69, 9.17) is 9.47 Å². The average molecular weight is 318 g/mol. The van der Waals surface area contributed by atoms with Crippen LogP contribution in [0.25, 0.3) is 0 Å². The number of nitrogens with zero attached hydrogens (tertiary/aromatic N) is 1. The molecular formula is C17H22N2O4. The molecule has 1 amide bonds. The van der Waals surface area contributed by atoms with Gasteiger partial charge < -0.3 is 19.7 Å². The number of morpholine rings is 1. The molecule has 1 aliphatic rings. The molecule has 1 aromatic carbocycles. The van der Waals surface area contributed by atoms with E-state index in [1.807, 2.05) is 24.3 Å². The van der Waals surface area contributed by atoms with E-state index in [1.165, 1.54) is 6.08 Å². The zero-order chi connectivity index (χ0) is 16.7. The number of rotatable bonds is 5. The molecule has 6 heteroatoms. The predicted molar refractivity (Wildman–Crippen MR) is 88.5 cm³/mol.